The molecule has 0 unspecified atom stereocenters. The lowest BCUT2D eigenvalue weighted by Crippen LogP contribution is -2.13. The van der Waals surface area contributed by atoms with E-state index in [2.05, 4.69) is 16.9 Å². The largest absolute Gasteiger partial charge is 0.437 e. The molecular weight excluding hydrogens is 246 g/mol. The molecular formula is C13H13N3OS. The first kappa shape index (κ1) is 12.4. The molecule has 1 aromatic heterocycles. The second kappa shape index (κ2) is 5.55. The molecule has 0 aliphatic heterocycles. The zero-order chi connectivity index (χ0) is 13.0. The zero-order valence-electron chi connectivity index (χ0n) is 9.96. The highest BCUT2D eigenvalue weighted by molar-refractivity contribution is 7.80. The maximum Gasteiger partial charge on any atom is 0.248 e. The molecule has 0 bridgehead atoms. The molecule has 0 fully saturated rings. The Morgan fingerprint density at radius 2 is 1.89 bits per heavy atom. The molecule has 0 aliphatic carbocycles. The number of thiocarbonyl (C=S) groups is 1. The molecule has 92 valence electrons. The Kier molecular flexibility index (Phi) is 3.84. The fraction of sp³-hybridized carbons (Fsp3) is 0.154. The number of benzene rings is 1. The van der Waals surface area contributed by atoms with Crippen LogP contribution in [0.5, 0.6) is 11.6 Å². The summed E-state index contributed by atoms with van der Waals surface area (Å²) in [5, 5.41) is 0. The van der Waals surface area contributed by atoms with E-state index >= 15 is 0 Å². The van der Waals surface area contributed by atoms with Gasteiger partial charge in [-0.05, 0) is 24.1 Å². The van der Waals surface area contributed by atoms with Gasteiger partial charge in [-0.3, -0.25) is 0 Å². The van der Waals surface area contributed by atoms with Crippen LogP contribution in [0.15, 0.2) is 36.7 Å². The maximum absolute atomic E-state index is 5.63. The Bertz CT molecular complexity index is 554. The van der Waals surface area contributed by atoms with E-state index in [1.807, 2.05) is 24.3 Å². The fourth-order valence-corrected chi connectivity index (χ4v) is 1.61. The standard InChI is InChI=1S/C13H13N3OS/c1-2-9-3-5-10(6-4-9)17-13-11(12(14)18)15-7-8-16-13/h3-8H,2H2,1H3,(H2,14,18). The SMILES string of the molecule is CCc1ccc(Oc2nccnc2C(N)=S)cc1. The molecule has 0 saturated carbocycles. The molecule has 4 nitrogen and oxygen atoms in total. The van der Waals surface area contributed by atoms with Gasteiger partial charge in [-0.25, -0.2) is 9.97 Å². The van der Waals surface area contributed by atoms with Crippen LogP contribution in [-0.2, 0) is 6.42 Å². The van der Waals surface area contributed by atoms with Crippen LogP contribution >= 0.6 is 12.2 Å². The number of nitrogens with two attached hydrogens (primary N) is 1. The molecule has 1 aromatic carbocycles. The summed E-state index contributed by atoms with van der Waals surface area (Å²) >= 11 is 4.90. The Labute approximate surface area is 111 Å². The predicted octanol–water partition coefficient (Wildman–Crippen LogP) is 2.47. The van der Waals surface area contributed by atoms with Gasteiger partial charge in [-0.1, -0.05) is 31.3 Å². The van der Waals surface area contributed by atoms with E-state index in [4.69, 9.17) is 22.7 Å². The van der Waals surface area contributed by atoms with Crippen LogP contribution < -0.4 is 10.5 Å². The lowest BCUT2D eigenvalue weighted by Gasteiger charge is -2.08. The van der Waals surface area contributed by atoms with Gasteiger partial charge in [0.2, 0.25) is 5.88 Å². The van der Waals surface area contributed by atoms with E-state index in [9.17, 15) is 0 Å². The van der Waals surface area contributed by atoms with Crippen molar-refractivity contribution in [3.8, 4) is 11.6 Å². The van der Waals surface area contributed by atoms with Crippen LogP contribution in [0.4, 0.5) is 0 Å². The van der Waals surface area contributed by atoms with Crippen molar-refractivity contribution in [3.05, 3.63) is 47.9 Å². The summed E-state index contributed by atoms with van der Waals surface area (Å²) in [5.41, 5.74) is 7.20. The van der Waals surface area contributed by atoms with E-state index in [1.54, 1.807) is 0 Å². The van der Waals surface area contributed by atoms with Crippen molar-refractivity contribution in [1.29, 1.82) is 0 Å². The average molecular weight is 259 g/mol. The monoisotopic (exact) mass is 259 g/mol. The van der Waals surface area contributed by atoms with Gasteiger partial charge in [-0.15, -0.1) is 0 Å². The van der Waals surface area contributed by atoms with Crippen LogP contribution in [0.2, 0.25) is 0 Å². The van der Waals surface area contributed by atoms with E-state index in [-0.39, 0.29) is 4.99 Å². The first-order valence-electron chi connectivity index (χ1n) is 5.58. The highest BCUT2D eigenvalue weighted by Crippen LogP contribution is 2.21. The summed E-state index contributed by atoms with van der Waals surface area (Å²) in [6.07, 6.45) is 4.06. The van der Waals surface area contributed by atoms with Gasteiger partial charge in [0.05, 0.1) is 0 Å². The summed E-state index contributed by atoms with van der Waals surface area (Å²) in [5.74, 6) is 1.01. The Morgan fingerprint density at radius 1 is 1.22 bits per heavy atom. The number of aromatic nitrogens is 2. The highest BCUT2D eigenvalue weighted by atomic mass is 32.1. The Morgan fingerprint density at radius 3 is 2.50 bits per heavy atom. The molecule has 0 spiro atoms. The normalized spacial score (nSPS) is 10.1. The number of ether oxygens (including phenoxy) is 1. The van der Waals surface area contributed by atoms with Crippen molar-refractivity contribution in [2.75, 3.05) is 0 Å². The van der Waals surface area contributed by atoms with Gasteiger partial charge in [0, 0.05) is 12.4 Å². The summed E-state index contributed by atoms with van der Waals surface area (Å²) in [6, 6.07) is 7.78. The maximum atomic E-state index is 5.63. The molecule has 0 aliphatic rings. The third kappa shape index (κ3) is 2.81. The highest BCUT2D eigenvalue weighted by Gasteiger charge is 2.09. The second-order valence-corrected chi connectivity index (χ2v) is 4.11. The quantitative estimate of drug-likeness (QED) is 0.855. The molecule has 1 heterocycles. The Hall–Kier alpha value is -2.01. The number of aryl methyl sites for hydroxylation is 1. The zero-order valence-corrected chi connectivity index (χ0v) is 10.8. The minimum Gasteiger partial charge on any atom is -0.437 e. The molecule has 0 amide bonds. The van der Waals surface area contributed by atoms with Gasteiger partial charge in [0.15, 0.2) is 5.69 Å². The lowest BCUT2D eigenvalue weighted by atomic mass is 10.2. The van der Waals surface area contributed by atoms with E-state index in [0.717, 1.165) is 6.42 Å². The molecule has 2 aromatic rings. The first-order valence-corrected chi connectivity index (χ1v) is 5.99. The van der Waals surface area contributed by atoms with Gasteiger partial charge in [0.1, 0.15) is 10.7 Å². The van der Waals surface area contributed by atoms with Crippen molar-refractivity contribution in [2.45, 2.75) is 13.3 Å². The summed E-state index contributed by atoms with van der Waals surface area (Å²) < 4.78 is 5.63. The number of nitrogens with zero attached hydrogens (tertiary/aromatic N) is 2. The minimum atomic E-state index is 0.170. The molecule has 0 atom stereocenters. The lowest BCUT2D eigenvalue weighted by molar-refractivity contribution is 0.459. The number of hydrogen-bond acceptors (Lipinski definition) is 4. The minimum absolute atomic E-state index is 0.170. The van der Waals surface area contributed by atoms with Gasteiger partial charge < -0.3 is 10.5 Å². The number of hydrogen-bond donors (Lipinski definition) is 1. The van der Waals surface area contributed by atoms with Crippen molar-refractivity contribution in [3.63, 3.8) is 0 Å². The van der Waals surface area contributed by atoms with E-state index in [0.29, 0.717) is 17.3 Å². The summed E-state index contributed by atoms with van der Waals surface area (Å²) in [6.45, 7) is 2.10. The molecule has 2 N–H and O–H groups in total. The third-order valence-corrected chi connectivity index (χ3v) is 2.64. The second-order valence-electron chi connectivity index (χ2n) is 3.67. The van der Waals surface area contributed by atoms with E-state index in [1.165, 1.54) is 18.0 Å². The van der Waals surface area contributed by atoms with Crippen molar-refractivity contribution in [2.24, 2.45) is 5.73 Å². The first-order chi connectivity index (χ1) is 8.70. The molecule has 0 saturated heterocycles. The van der Waals surface area contributed by atoms with Crippen molar-refractivity contribution < 1.29 is 4.74 Å². The molecule has 5 heteroatoms. The summed E-state index contributed by atoms with van der Waals surface area (Å²) in [4.78, 5) is 8.31. The van der Waals surface area contributed by atoms with Crippen LogP contribution in [-0.4, -0.2) is 15.0 Å². The van der Waals surface area contributed by atoms with Crippen LogP contribution in [0.25, 0.3) is 0 Å². The van der Waals surface area contributed by atoms with Crippen LogP contribution in [0.3, 0.4) is 0 Å². The predicted molar refractivity (Wildman–Crippen MR) is 73.8 cm³/mol. The molecule has 0 radical (unpaired) electrons. The van der Waals surface area contributed by atoms with Crippen molar-refractivity contribution >= 4 is 17.2 Å². The van der Waals surface area contributed by atoms with Crippen LogP contribution in [0.1, 0.15) is 18.2 Å². The topological polar surface area (TPSA) is 61.0 Å². The number of rotatable bonds is 4. The van der Waals surface area contributed by atoms with E-state index < -0.39 is 0 Å². The van der Waals surface area contributed by atoms with Gasteiger partial charge in [-0.2, -0.15) is 0 Å². The summed E-state index contributed by atoms with van der Waals surface area (Å²) in [7, 11) is 0. The average Bonchev–Trinajstić information content (AvgIpc) is 2.40. The molecule has 2 rings (SSSR count). The Balaban J connectivity index is 2.25. The van der Waals surface area contributed by atoms with Gasteiger partial charge >= 0.3 is 0 Å². The van der Waals surface area contributed by atoms with Gasteiger partial charge in [0.25, 0.3) is 0 Å². The third-order valence-electron chi connectivity index (χ3n) is 2.44. The fourth-order valence-electron chi connectivity index (χ4n) is 1.47. The smallest absolute Gasteiger partial charge is 0.248 e. The van der Waals surface area contributed by atoms with Crippen LogP contribution in [0, 0.1) is 0 Å². The molecule has 18 heavy (non-hydrogen) atoms. The van der Waals surface area contributed by atoms with Crippen molar-refractivity contribution in [1.82, 2.24) is 9.97 Å².